The molecule has 0 spiro atoms. The molecule has 0 amide bonds. The van der Waals surface area contributed by atoms with Gasteiger partial charge in [-0.3, -0.25) is 0 Å². The minimum absolute atomic E-state index is 0. The van der Waals surface area contributed by atoms with Crippen LogP contribution in [-0.2, 0) is 23.7 Å². The van der Waals surface area contributed by atoms with Crippen LogP contribution in [0.5, 0.6) is 0 Å². The summed E-state index contributed by atoms with van der Waals surface area (Å²) in [7, 11) is 0. The molecule has 5 rings (SSSR count). The summed E-state index contributed by atoms with van der Waals surface area (Å²) in [5, 5.41) is 0. The van der Waals surface area contributed by atoms with Crippen molar-refractivity contribution in [2.45, 2.75) is 0 Å². The lowest BCUT2D eigenvalue weighted by Crippen LogP contribution is -1.20. The van der Waals surface area contributed by atoms with Crippen LogP contribution in [0.2, 0.25) is 0 Å². The van der Waals surface area contributed by atoms with E-state index in [2.05, 4.69) is 23.7 Å². The summed E-state index contributed by atoms with van der Waals surface area (Å²) < 4.78 is 22.5. The van der Waals surface area contributed by atoms with Gasteiger partial charge in [0.1, 0.15) is 0 Å². The summed E-state index contributed by atoms with van der Waals surface area (Å²) in [6.45, 7) is 10.0. The Balaban J connectivity index is 0.000000173. The number of ether oxygens (including phenoxy) is 5. The normalized spacial score (nSPS) is 22.5. The number of hydrogen-bond donors (Lipinski definition) is 0. The average molecular weight is 238 g/mol. The van der Waals surface area contributed by atoms with Gasteiger partial charge in [0, 0.05) is 0 Å². The van der Waals surface area contributed by atoms with Crippen LogP contribution in [0.15, 0.2) is 0 Å². The van der Waals surface area contributed by atoms with Gasteiger partial charge in [0.15, 0.2) is 0 Å². The zero-order chi connectivity index (χ0) is 10.6. The first-order valence-electron chi connectivity index (χ1n) is 5.39. The summed E-state index contributed by atoms with van der Waals surface area (Å²) in [5.41, 5.74) is 0. The molecule has 0 unspecified atom stereocenters. The lowest BCUT2D eigenvalue weighted by Gasteiger charge is -1.24. The molecule has 0 aromatic carbocycles. The van der Waals surface area contributed by atoms with Gasteiger partial charge in [0.2, 0.25) is 0 Å². The Morgan fingerprint density at radius 2 is 0.375 bits per heavy atom. The molecule has 0 radical (unpaired) electrons. The molecule has 6 heteroatoms. The van der Waals surface area contributed by atoms with Crippen LogP contribution in [0.4, 0.5) is 0 Å². The first-order chi connectivity index (χ1) is 7.50. The molecular formula is C10H22O6. The number of rotatable bonds is 0. The summed E-state index contributed by atoms with van der Waals surface area (Å²) >= 11 is 0. The zero-order valence-electron chi connectivity index (χ0n) is 9.61. The first kappa shape index (κ1) is 15.8. The van der Waals surface area contributed by atoms with Gasteiger partial charge in [-0.25, -0.2) is 0 Å². The van der Waals surface area contributed by atoms with E-state index in [1.54, 1.807) is 0 Å². The van der Waals surface area contributed by atoms with Crippen LogP contribution < -0.4 is 0 Å². The molecule has 0 bridgehead atoms. The van der Waals surface area contributed by atoms with Gasteiger partial charge in [0.05, 0.1) is 66.1 Å². The molecule has 2 N–H and O–H groups in total. The summed E-state index contributed by atoms with van der Waals surface area (Å²) in [6.07, 6.45) is 0. The van der Waals surface area contributed by atoms with Crippen molar-refractivity contribution in [1.29, 1.82) is 0 Å². The van der Waals surface area contributed by atoms with Crippen molar-refractivity contribution in [1.82, 2.24) is 0 Å². The van der Waals surface area contributed by atoms with E-state index >= 15 is 0 Å². The van der Waals surface area contributed by atoms with Crippen molar-refractivity contribution in [2.24, 2.45) is 0 Å². The van der Waals surface area contributed by atoms with Crippen molar-refractivity contribution in [2.75, 3.05) is 66.1 Å². The van der Waals surface area contributed by atoms with Crippen LogP contribution in [0.1, 0.15) is 0 Å². The zero-order valence-corrected chi connectivity index (χ0v) is 9.61. The van der Waals surface area contributed by atoms with Gasteiger partial charge in [-0.2, -0.15) is 0 Å². The Bertz CT molecular complexity index is 73.9. The highest BCUT2D eigenvalue weighted by atomic mass is 16.6. The molecule has 0 saturated carbocycles. The maximum absolute atomic E-state index is 4.50. The molecule has 5 aliphatic rings. The van der Waals surface area contributed by atoms with E-state index in [0.29, 0.717) is 0 Å². The van der Waals surface area contributed by atoms with E-state index in [1.165, 1.54) is 0 Å². The van der Waals surface area contributed by atoms with Crippen LogP contribution in [0.25, 0.3) is 0 Å². The maximum atomic E-state index is 4.50. The average Bonchev–Trinajstić information content (AvgIpc) is 3.10. The lowest BCUT2D eigenvalue weighted by molar-refractivity contribution is 0.475. The quantitative estimate of drug-likeness (QED) is 0.518. The van der Waals surface area contributed by atoms with Gasteiger partial charge in [-0.1, -0.05) is 0 Å². The topological polar surface area (TPSA) is 94.2 Å². The van der Waals surface area contributed by atoms with Gasteiger partial charge < -0.3 is 29.2 Å². The largest absolute Gasteiger partial charge is 0.412 e. The molecule has 6 nitrogen and oxygen atoms in total. The second-order valence-electron chi connectivity index (χ2n) is 3.06. The Morgan fingerprint density at radius 3 is 0.375 bits per heavy atom. The van der Waals surface area contributed by atoms with Gasteiger partial charge in [-0.15, -0.1) is 0 Å². The SMILES string of the molecule is C1CO1.C1CO1.C1CO1.C1CO1.C1CO1.O. The second kappa shape index (κ2) is 12.8. The van der Waals surface area contributed by atoms with Crippen LogP contribution >= 0.6 is 0 Å². The van der Waals surface area contributed by atoms with Crippen LogP contribution in [0, 0.1) is 0 Å². The summed E-state index contributed by atoms with van der Waals surface area (Å²) in [5.74, 6) is 0. The van der Waals surface area contributed by atoms with E-state index < -0.39 is 0 Å². The van der Waals surface area contributed by atoms with Gasteiger partial charge in [0.25, 0.3) is 0 Å². The molecule has 0 aromatic heterocycles. The molecular weight excluding hydrogens is 216 g/mol. The third kappa shape index (κ3) is 98.9. The predicted octanol–water partition coefficient (Wildman–Crippen LogP) is -0.742. The second-order valence-corrected chi connectivity index (χ2v) is 3.06. The van der Waals surface area contributed by atoms with E-state index in [-0.39, 0.29) is 5.48 Å². The molecule has 5 heterocycles. The molecule has 0 aromatic rings. The number of epoxide rings is 5. The standard InChI is InChI=1S/5C2H4O.H2O/c5*1-2-3-1;/h5*1-2H2;1H2. The highest BCUT2D eigenvalue weighted by Crippen LogP contribution is 1.85. The van der Waals surface area contributed by atoms with Crippen molar-refractivity contribution in [3.63, 3.8) is 0 Å². The van der Waals surface area contributed by atoms with E-state index in [9.17, 15) is 0 Å². The van der Waals surface area contributed by atoms with Crippen molar-refractivity contribution < 1.29 is 29.2 Å². The van der Waals surface area contributed by atoms with Gasteiger partial charge >= 0.3 is 0 Å². The van der Waals surface area contributed by atoms with Crippen molar-refractivity contribution >= 4 is 0 Å². The Labute approximate surface area is 96.1 Å². The van der Waals surface area contributed by atoms with Crippen LogP contribution in [0.3, 0.4) is 0 Å². The Morgan fingerprint density at radius 1 is 0.312 bits per heavy atom. The molecule has 5 saturated heterocycles. The fourth-order valence-corrected chi connectivity index (χ4v) is 0. The molecule has 0 aliphatic carbocycles. The summed E-state index contributed by atoms with van der Waals surface area (Å²) in [6, 6.07) is 0. The highest BCUT2D eigenvalue weighted by Gasteiger charge is 1.95. The summed E-state index contributed by atoms with van der Waals surface area (Å²) in [4.78, 5) is 0. The predicted molar refractivity (Wildman–Crippen MR) is 57.7 cm³/mol. The van der Waals surface area contributed by atoms with Crippen molar-refractivity contribution in [3.8, 4) is 0 Å². The maximum Gasteiger partial charge on any atom is 0.0701 e. The first-order valence-corrected chi connectivity index (χ1v) is 5.39. The lowest BCUT2D eigenvalue weighted by atomic mass is 11.0. The van der Waals surface area contributed by atoms with E-state index in [1.807, 2.05) is 0 Å². The van der Waals surface area contributed by atoms with E-state index in [0.717, 1.165) is 66.1 Å². The van der Waals surface area contributed by atoms with Crippen LogP contribution in [-0.4, -0.2) is 71.5 Å². The molecule has 98 valence electrons. The third-order valence-electron chi connectivity index (χ3n) is 1.02. The molecule has 16 heavy (non-hydrogen) atoms. The van der Waals surface area contributed by atoms with Gasteiger partial charge in [-0.05, 0) is 0 Å². The highest BCUT2D eigenvalue weighted by molar-refractivity contribution is 4.37. The van der Waals surface area contributed by atoms with Crippen molar-refractivity contribution in [3.05, 3.63) is 0 Å². The smallest absolute Gasteiger partial charge is 0.0701 e. The minimum Gasteiger partial charge on any atom is -0.412 e. The molecule has 0 atom stereocenters. The molecule has 5 fully saturated rings. The minimum atomic E-state index is 0. The Kier molecular flexibility index (Phi) is 12.6. The van der Waals surface area contributed by atoms with E-state index in [4.69, 9.17) is 0 Å². The Hall–Kier alpha value is -0.240. The molecule has 5 aliphatic heterocycles. The monoisotopic (exact) mass is 238 g/mol. The number of hydrogen-bond acceptors (Lipinski definition) is 5. The fourth-order valence-electron chi connectivity index (χ4n) is 0. The third-order valence-corrected chi connectivity index (χ3v) is 1.02. The fraction of sp³-hybridized carbons (Fsp3) is 1.00.